The van der Waals surface area contributed by atoms with Gasteiger partial charge in [0.05, 0.1) is 6.21 Å². The van der Waals surface area contributed by atoms with Crippen LogP contribution in [-0.4, -0.2) is 27.3 Å². The maximum Gasteiger partial charge on any atom is 0.342 e. The van der Waals surface area contributed by atoms with Crippen LogP contribution in [0.1, 0.15) is 23.2 Å². The minimum absolute atomic E-state index is 0.00832. The molecule has 3 rings (SSSR count). The van der Waals surface area contributed by atoms with Gasteiger partial charge in [-0.1, -0.05) is 42.5 Å². The van der Waals surface area contributed by atoms with Crippen molar-refractivity contribution < 1.29 is 9.53 Å². The summed E-state index contributed by atoms with van der Waals surface area (Å²) < 4.78 is 5.83. The van der Waals surface area contributed by atoms with Gasteiger partial charge in [-0.25, -0.2) is 15.3 Å². The molecule has 0 aliphatic carbocycles. The van der Waals surface area contributed by atoms with Crippen LogP contribution >= 0.6 is 0 Å². The number of amides is 1. The lowest BCUT2D eigenvalue weighted by Gasteiger charge is -2.09. The Morgan fingerprint density at radius 2 is 1.86 bits per heavy atom. The summed E-state index contributed by atoms with van der Waals surface area (Å²) in [5, 5.41) is 9.68. The van der Waals surface area contributed by atoms with Crippen LogP contribution in [0, 0.1) is 0 Å². The molecule has 3 N–H and O–H groups in total. The van der Waals surface area contributed by atoms with E-state index >= 15 is 0 Å². The van der Waals surface area contributed by atoms with E-state index in [1.165, 1.54) is 6.21 Å². The van der Waals surface area contributed by atoms with Gasteiger partial charge in [-0.15, -0.1) is 0 Å². The zero-order chi connectivity index (χ0) is 20.5. The van der Waals surface area contributed by atoms with Gasteiger partial charge in [0, 0.05) is 18.4 Å². The summed E-state index contributed by atoms with van der Waals surface area (Å²) in [7, 11) is 0. The molecule has 0 unspecified atom stereocenters. The molecular formula is C20H19N5O4. The number of para-hydroxylation sites is 1. The van der Waals surface area contributed by atoms with Gasteiger partial charge in [-0.2, -0.15) is 10.2 Å². The molecule has 1 heterocycles. The number of rotatable bonds is 8. The van der Waals surface area contributed by atoms with E-state index < -0.39 is 17.2 Å². The highest BCUT2D eigenvalue weighted by molar-refractivity contribution is 5.85. The van der Waals surface area contributed by atoms with Crippen molar-refractivity contribution in [2.24, 2.45) is 5.10 Å². The number of nitrogens with zero attached hydrogens (tertiary/aromatic N) is 2. The van der Waals surface area contributed by atoms with Gasteiger partial charge in [-0.3, -0.25) is 14.6 Å². The van der Waals surface area contributed by atoms with Gasteiger partial charge in [0.15, 0.2) is 0 Å². The molecule has 1 amide bonds. The summed E-state index contributed by atoms with van der Waals surface area (Å²) in [5.74, 6) is 0.245. The molecule has 0 aliphatic heterocycles. The van der Waals surface area contributed by atoms with E-state index in [2.05, 4.69) is 25.7 Å². The van der Waals surface area contributed by atoms with Crippen LogP contribution in [0.2, 0.25) is 0 Å². The number of ether oxygens (including phenoxy) is 1. The summed E-state index contributed by atoms with van der Waals surface area (Å²) in [6.45, 7) is 0.415. The van der Waals surface area contributed by atoms with Crippen molar-refractivity contribution in [1.82, 2.24) is 20.6 Å². The predicted octanol–water partition coefficient (Wildman–Crippen LogP) is 1.12. The molecule has 9 nitrogen and oxygen atoms in total. The van der Waals surface area contributed by atoms with Gasteiger partial charge in [0.1, 0.15) is 18.1 Å². The van der Waals surface area contributed by atoms with Crippen molar-refractivity contribution in [3.63, 3.8) is 0 Å². The minimum atomic E-state index is -0.694. The first-order chi connectivity index (χ1) is 14.1. The molecular weight excluding hydrogens is 374 g/mol. The highest BCUT2D eigenvalue weighted by Crippen LogP contribution is 2.17. The monoisotopic (exact) mass is 393 g/mol. The number of hydrogen-bond donors (Lipinski definition) is 3. The van der Waals surface area contributed by atoms with Crippen LogP contribution in [0.25, 0.3) is 0 Å². The third kappa shape index (κ3) is 5.99. The van der Waals surface area contributed by atoms with Gasteiger partial charge in [0.25, 0.3) is 5.56 Å². The summed E-state index contributed by atoms with van der Waals surface area (Å²) >= 11 is 0. The minimum Gasteiger partial charge on any atom is -0.488 e. The average Bonchev–Trinajstić information content (AvgIpc) is 2.73. The van der Waals surface area contributed by atoms with E-state index in [9.17, 15) is 14.4 Å². The van der Waals surface area contributed by atoms with Gasteiger partial charge < -0.3 is 4.74 Å². The Kier molecular flexibility index (Phi) is 6.66. The van der Waals surface area contributed by atoms with Crippen molar-refractivity contribution in [3.8, 4) is 5.75 Å². The van der Waals surface area contributed by atoms with Gasteiger partial charge in [-0.05, 0) is 17.7 Å². The maximum absolute atomic E-state index is 11.9. The van der Waals surface area contributed by atoms with Crippen LogP contribution in [0.3, 0.4) is 0 Å². The molecule has 9 heteroatoms. The molecule has 0 aliphatic rings. The van der Waals surface area contributed by atoms with Crippen LogP contribution < -0.4 is 21.4 Å². The molecule has 0 spiro atoms. The molecule has 3 aromatic rings. The second kappa shape index (κ2) is 9.79. The Morgan fingerprint density at radius 1 is 1.10 bits per heavy atom. The Morgan fingerprint density at radius 3 is 2.66 bits per heavy atom. The number of benzene rings is 2. The van der Waals surface area contributed by atoms with Crippen molar-refractivity contribution in [2.75, 3.05) is 0 Å². The number of aromatic nitrogens is 3. The van der Waals surface area contributed by atoms with Crippen molar-refractivity contribution >= 4 is 12.1 Å². The molecule has 0 saturated carbocycles. The Bertz CT molecular complexity index is 1110. The fourth-order valence-electron chi connectivity index (χ4n) is 2.46. The molecule has 2 aromatic carbocycles. The molecule has 0 saturated heterocycles. The third-order valence-electron chi connectivity index (χ3n) is 3.92. The van der Waals surface area contributed by atoms with Crippen LogP contribution in [0.4, 0.5) is 0 Å². The number of carbonyl (C=O) groups excluding carboxylic acids is 1. The number of nitrogens with one attached hydrogen (secondary N) is 3. The van der Waals surface area contributed by atoms with Crippen molar-refractivity contribution in [3.05, 3.63) is 92.3 Å². The largest absolute Gasteiger partial charge is 0.488 e. The maximum atomic E-state index is 11.9. The number of hydrogen-bond acceptors (Lipinski definition) is 6. The lowest BCUT2D eigenvalue weighted by atomic mass is 10.2. The third-order valence-corrected chi connectivity index (χ3v) is 3.92. The molecule has 0 fully saturated rings. The number of carbonyl (C=O) groups is 1. The summed E-state index contributed by atoms with van der Waals surface area (Å²) in [6.07, 6.45) is 1.55. The number of aryl methyl sites for hydroxylation is 1. The summed E-state index contributed by atoms with van der Waals surface area (Å²) in [6, 6.07) is 17.1. The van der Waals surface area contributed by atoms with E-state index in [4.69, 9.17) is 4.74 Å². The first-order valence-electron chi connectivity index (χ1n) is 8.87. The van der Waals surface area contributed by atoms with E-state index in [0.29, 0.717) is 17.9 Å². The SMILES string of the molecule is O=C(CCc1n[nH]c(=O)[nH]c1=O)N/N=C\c1ccccc1OCc1ccccc1. The first-order valence-corrected chi connectivity index (χ1v) is 8.87. The lowest BCUT2D eigenvalue weighted by Crippen LogP contribution is -2.28. The van der Waals surface area contributed by atoms with Gasteiger partial charge >= 0.3 is 5.69 Å². The topological polar surface area (TPSA) is 129 Å². The molecule has 0 bridgehead atoms. The number of aromatic amines is 2. The highest BCUT2D eigenvalue weighted by Gasteiger charge is 2.07. The standard InChI is InChI=1S/C20H19N5O4/c26-18(11-10-16-19(27)22-20(28)25-23-16)24-21-12-15-8-4-5-9-17(15)29-13-14-6-2-1-3-7-14/h1-9,12H,10-11,13H2,(H,24,26)(H2,22,25,27,28)/b21-12-. The summed E-state index contributed by atoms with van der Waals surface area (Å²) in [4.78, 5) is 36.4. The zero-order valence-corrected chi connectivity index (χ0v) is 15.4. The van der Waals surface area contributed by atoms with E-state index in [0.717, 1.165) is 5.56 Å². The lowest BCUT2D eigenvalue weighted by molar-refractivity contribution is -0.121. The predicted molar refractivity (Wildman–Crippen MR) is 107 cm³/mol. The van der Waals surface area contributed by atoms with Crippen LogP contribution in [0.15, 0.2) is 69.3 Å². The average molecular weight is 393 g/mol. The summed E-state index contributed by atoms with van der Waals surface area (Å²) in [5.41, 5.74) is 2.91. The molecule has 29 heavy (non-hydrogen) atoms. The van der Waals surface area contributed by atoms with E-state index in [1.54, 1.807) is 0 Å². The Labute approximate surface area is 165 Å². The fourth-order valence-corrected chi connectivity index (χ4v) is 2.46. The van der Waals surface area contributed by atoms with Crippen LogP contribution in [0.5, 0.6) is 5.75 Å². The Hall–Kier alpha value is -4.01. The smallest absolute Gasteiger partial charge is 0.342 e. The normalized spacial score (nSPS) is 10.8. The molecule has 148 valence electrons. The second-order valence-corrected chi connectivity index (χ2v) is 6.06. The van der Waals surface area contributed by atoms with Crippen molar-refractivity contribution in [1.29, 1.82) is 0 Å². The van der Waals surface area contributed by atoms with E-state index in [1.807, 2.05) is 54.6 Å². The zero-order valence-electron chi connectivity index (χ0n) is 15.4. The molecule has 0 atom stereocenters. The van der Waals surface area contributed by atoms with Crippen LogP contribution in [-0.2, 0) is 17.8 Å². The highest BCUT2D eigenvalue weighted by atomic mass is 16.5. The molecule has 0 radical (unpaired) electrons. The Balaban J connectivity index is 1.53. The number of H-pyrrole nitrogens is 2. The quantitative estimate of drug-likeness (QED) is 0.390. The molecule has 1 aromatic heterocycles. The van der Waals surface area contributed by atoms with Crippen molar-refractivity contribution in [2.45, 2.75) is 19.4 Å². The number of hydrazone groups is 1. The van der Waals surface area contributed by atoms with E-state index in [-0.39, 0.29) is 18.5 Å². The van der Waals surface area contributed by atoms with Gasteiger partial charge in [0.2, 0.25) is 5.91 Å². The second-order valence-electron chi connectivity index (χ2n) is 6.06. The first kappa shape index (κ1) is 19.7. The fraction of sp³-hybridized carbons (Fsp3) is 0.150.